The highest BCUT2D eigenvalue weighted by atomic mass is 32.2. The third kappa shape index (κ3) is 8.79. The van der Waals surface area contributed by atoms with Crippen molar-refractivity contribution in [3.05, 3.63) is 35.9 Å². The summed E-state index contributed by atoms with van der Waals surface area (Å²) in [6, 6.07) is 8.28. The maximum absolute atomic E-state index is 11.7. The van der Waals surface area contributed by atoms with Gasteiger partial charge in [0.25, 0.3) is 0 Å². The number of ether oxygens (including phenoxy) is 2. The third-order valence-electron chi connectivity index (χ3n) is 3.34. The van der Waals surface area contributed by atoms with Gasteiger partial charge in [-0.1, -0.05) is 37.3 Å². The number of hydrogen-bond donors (Lipinski definition) is 2. The van der Waals surface area contributed by atoms with Crippen molar-refractivity contribution in [3.63, 3.8) is 0 Å². The summed E-state index contributed by atoms with van der Waals surface area (Å²) < 4.78 is 10.1. The Hall–Kier alpha value is -1.73. The first-order valence-electron chi connectivity index (χ1n) is 7.83. The van der Waals surface area contributed by atoms with Crippen LogP contribution < -0.4 is 5.32 Å². The van der Waals surface area contributed by atoms with Gasteiger partial charge in [-0.05, 0) is 24.2 Å². The van der Waals surface area contributed by atoms with E-state index in [0.717, 1.165) is 12.0 Å². The molecule has 2 N–H and O–H groups in total. The van der Waals surface area contributed by atoms with E-state index in [1.54, 1.807) is 18.9 Å². The van der Waals surface area contributed by atoms with Gasteiger partial charge < -0.3 is 19.9 Å². The number of carboxylic acids is 1. The number of nitrogens with one attached hydrogen (secondary N) is 1. The van der Waals surface area contributed by atoms with Gasteiger partial charge in [-0.25, -0.2) is 9.59 Å². The van der Waals surface area contributed by atoms with Crippen LogP contribution >= 0.6 is 11.8 Å². The predicted octanol–water partition coefficient (Wildman–Crippen LogP) is 2.91. The Morgan fingerprint density at radius 2 is 1.96 bits per heavy atom. The van der Waals surface area contributed by atoms with Crippen LogP contribution in [0.15, 0.2) is 30.3 Å². The lowest BCUT2D eigenvalue weighted by atomic mass is 10.2. The molecule has 0 aromatic heterocycles. The van der Waals surface area contributed by atoms with Gasteiger partial charge in [-0.3, -0.25) is 0 Å². The second-order valence-corrected chi connectivity index (χ2v) is 6.89. The lowest BCUT2D eigenvalue weighted by Crippen LogP contribution is -2.41. The number of carbonyl (C=O) groups is 2. The number of carbonyl (C=O) groups excluding carboxylic acids is 1. The zero-order valence-electron chi connectivity index (χ0n) is 14.1. The van der Waals surface area contributed by atoms with Gasteiger partial charge in [-0.15, -0.1) is 0 Å². The maximum Gasteiger partial charge on any atom is 0.408 e. The highest BCUT2D eigenvalue weighted by molar-refractivity contribution is 7.99. The Kier molecular flexibility index (Phi) is 9.95. The van der Waals surface area contributed by atoms with Crippen molar-refractivity contribution in [2.75, 3.05) is 19.5 Å². The third-order valence-corrected chi connectivity index (χ3v) is 4.62. The fraction of sp³-hybridized carbons (Fsp3) is 0.529. The highest BCUT2D eigenvalue weighted by Crippen LogP contribution is 2.16. The van der Waals surface area contributed by atoms with Crippen molar-refractivity contribution in [1.29, 1.82) is 0 Å². The molecule has 6 nitrogen and oxygen atoms in total. The van der Waals surface area contributed by atoms with Gasteiger partial charge in [-0.2, -0.15) is 11.8 Å². The summed E-state index contributed by atoms with van der Waals surface area (Å²) in [5.74, 6) is -0.419. The number of benzene rings is 1. The summed E-state index contributed by atoms with van der Waals surface area (Å²) >= 11 is 1.66. The normalized spacial score (nSPS) is 13.1. The number of thioether (sulfide) groups is 1. The van der Waals surface area contributed by atoms with Crippen LogP contribution in [-0.2, 0) is 20.9 Å². The molecule has 0 fully saturated rings. The summed E-state index contributed by atoms with van der Waals surface area (Å²) in [6.07, 6.45) is 0.534. The van der Waals surface area contributed by atoms with Crippen LogP contribution in [0.1, 0.15) is 25.3 Å². The molecule has 24 heavy (non-hydrogen) atoms. The molecular formula is C17H25NO5S. The Morgan fingerprint density at radius 3 is 2.58 bits per heavy atom. The van der Waals surface area contributed by atoms with E-state index in [1.165, 1.54) is 0 Å². The average Bonchev–Trinajstić information content (AvgIpc) is 2.58. The molecule has 7 heteroatoms. The number of hydrogen-bond acceptors (Lipinski definition) is 5. The number of alkyl carbamates (subject to hydrolysis) is 1. The van der Waals surface area contributed by atoms with Crippen LogP contribution in [0.25, 0.3) is 0 Å². The Morgan fingerprint density at radius 1 is 1.25 bits per heavy atom. The molecule has 0 aliphatic carbocycles. The Labute approximate surface area is 146 Å². The molecule has 1 rings (SSSR count). The number of carboxylic acid groups (broad SMARTS) is 1. The van der Waals surface area contributed by atoms with Crippen molar-refractivity contribution in [1.82, 2.24) is 5.32 Å². The topological polar surface area (TPSA) is 84.9 Å². The fourth-order valence-corrected chi connectivity index (χ4v) is 2.96. The molecular weight excluding hydrogens is 330 g/mol. The minimum absolute atomic E-state index is 0.113. The van der Waals surface area contributed by atoms with Crippen molar-refractivity contribution in [2.24, 2.45) is 0 Å². The number of amides is 1. The lowest BCUT2D eigenvalue weighted by Gasteiger charge is -2.16. The fourth-order valence-electron chi connectivity index (χ4n) is 1.92. The van der Waals surface area contributed by atoms with E-state index in [0.29, 0.717) is 24.0 Å². The van der Waals surface area contributed by atoms with Gasteiger partial charge in [0.2, 0.25) is 0 Å². The summed E-state index contributed by atoms with van der Waals surface area (Å²) in [5.41, 5.74) is 0.849. The number of methoxy groups -OCH3 is 1. The standard InChI is InChI=1S/C17H25NO5S/c1-13(8-10-22-2)24-11-9-15(16(19)20)18-17(21)23-12-14-6-4-3-5-7-14/h3-7,13,15H,8-12H2,1-2H3,(H,18,21)(H,19,20). The van der Waals surface area contributed by atoms with Crippen molar-refractivity contribution in [3.8, 4) is 0 Å². The second kappa shape index (κ2) is 11.8. The highest BCUT2D eigenvalue weighted by Gasteiger charge is 2.20. The van der Waals surface area contributed by atoms with Gasteiger partial charge in [0, 0.05) is 19.0 Å². The predicted molar refractivity (Wildman–Crippen MR) is 94.2 cm³/mol. The molecule has 0 heterocycles. The van der Waals surface area contributed by atoms with Crippen LogP contribution in [0.3, 0.4) is 0 Å². The monoisotopic (exact) mass is 355 g/mol. The number of rotatable bonds is 11. The Balaban J connectivity index is 2.31. The lowest BCUT2D eigenvalue weighted by molar-refractivity contribution is -0.139. The van der Waals surface area contributed by atoms with E-state index in [4.69, 9.17) is 9.47 Å². The first-order chi connectivity index (χ1) is 11.5. The molecule has 0 bridgehead atoms. The largest absolute Gasteiger partial charge is 0.480 e. The zero-order chi connectivity index (χ0) is 17.8. The first-order valence-corrected chi connectivity index (χ1v) is 8.88. The van der Waals surface area contributed by atoms with Crippen LogP contribution in [0.2, 0.25) is 0 Å². The molecule has 134 valence electrons. The summed E-state index contributed by atoms with van der Waals surface area (Å²) in [5, 5.41) is 12.0. The van der Waals surface area contributed by atoms with E-state index < -0.39 is 18.1 Å². The molecule has 0 aliphatic heterocycles. The molecule has 0 saturated carbocycles. The summed E-state index contributed by atoms with van der Waals surface area (Å²) in [7, 11) is 1.66. The molecule has 2 atom stereocenters. The van der Waals surface area contributed by atoms with Gasteiger partial charge >= 0.3 is 12.1 Å². The van der Waals surface area contributed by atoms with Crippen LogP contribution in [0.5, 0.6) is 0 Å². The van der Waals surface area contributed by atoms with Crippen LogP contribution in [0, 0.1) is 0 Å². The average molecular weight is 355 g/mol. The molecule has 1 amide bonds. The van der Waals surface area contributed by atoms with E-state index in [2.05, 4.69) is 12.2 Å². The molecule has 1 aromatic carbocycles. The van der Waals surface area contributed by atoms with E-state index in [1.807, 2.05) is 30.3 Å². The summed E-state index contributed by atoms with van der Waals surface area (Å²) in [4.78, 5) is 23.0. The van der Waals surface area contributed by atoms with Crippen LogP contribution in [0.4, 0.5) is 4.79 Å². The first kappa shape index (κ1) is 20.3. The van der Waals surface area contributed by atoms with Gasteiger partial charge in [0.05, 0.1) is 0 Å². The smallest absolute Gasteiger partial charge is 0.408 e. The van der Waals surface area contributed by atoms with Gasteiger partial charge in [0.1, 0.15) is 12.6 Å². The van der Waals surface area contributed by atoms with E-state index in [-0.39, 0.29) is 6.61 Å². The number of aliphatic carboxylic acids is 1. The second-order valence-electron chi connectivity index (χ2n) is 5.35. The van der Waals surface area contributed by atoms with E-state index >= 15 is 0 Å². The maximum atomic E-state index is 11.7. The molecule has 0 spiro atoms. The minimum atomic E-state index is -1.06. The molecule has 0 aliphatic rings. The molecule has 0 radical (unpaired) electrons. The van der Waals surface area contributed by atoms with Gasteiger partial charge in [0.15, 0.2) is 0 Å². The van der Waals surface area contributed by atoms with Crippen LogP contribution in [-0.4, -0.2) is 47.9 Å². The van der Waals surface area contributed by atoms with Crippen molar-refractivity contribution < 1.29 is 24.2 Å². The SMILES string of the molecule is COCCC(C)SCCC(NC(=O)OCc1ccccc1)C(=O)O. The molecule has 0 saturated heterocycles. The summed E-state index contributed by atoms with van der Waals surface area (Å²) in [6.45, 7) is 2.86. The quantitative estimate of drug-likeness (QED) is 0.635. The minimum Gasteiger partial charge on any atom is -0.480 e. The molecule has 2 unspecified atom stereocenters. The van der Waals surface area contributed by atoms with Crippen molar-refractivity contribution in [2.45, 2.75) is 37.7 Å². The molecule has 1 aromatic rings. The Bertz CT molecular complexity index is 497. The zero-order valence-corrected chi connectivity index (χ0v) is 14.9. The van der Waals surface area contributed by atoms with Crippen molar-refractivity contribution >= 4 is 23.8 Å². The van der Waals surface area contributed by atoms with E-state index in [9.17, 15) is 14.7 Å².